The minimum absolute atomic E-state index is 0.00981. The molecule has 0 saturated heterocycles. The second-order valence-electron chi connectivity index (χ2n) is 4.78. The molecular weight excluding hydrogens is 252 g/mol. The topological polar surface area (TPSA) is 79.3 Å². The Hall–Kier alpha value is -0.980. The van der Waals surface area contributed by atoms with Crippen molar-refractivity contribution in [3.63, 3.8) is 0 Å². The van der Waals surface area contributed by atoms with Crippen LogP contribution in [0.25, 0.3) is 0 Å². The molecule has 6 heteroatoms. The summed E-state index contributed by atoms with van der Waals surface area (Å²) in [5.41, 5.74) is -0.903. The van der Waals surface area contributed by atoms with Crippen LogP contribution < -0.4 is 4.72 Å². The van der Waals surface area contributed by atoms with E-state index in [1.165, 1.54) is 12.3 Å². The Labute approximate surface area is 107 Å². The summed E-state index contributed by atoms with van der Waals surface area (Å²) in [5, 5.41) is 10.2. The van der Waals surface area contributed by atoms with Gasteiger partial charge in [0.15, 0.2) is 5.03 Å². The lowest BCUT2D eigenvalue weighted by molar-refractivity contribution is 0.00944. The summed E-state index contributed by atoms with van der Waals surface area (Å²) < 4.78 is 26.3. The third-order valence-electron chi connectivity index (χ3n) is 3.29. The molecule has 18 heavy (non-hydrogen) atoms. The zero-order chi connectivity index (χ0) is 13.1. The maximum absolute atomic E-state index is 11.9. The summed E-state index contributed by atoms with van der Waals surface area (Å²) in [6.07, 6.45) is 5.73. The van der Waals surface area contributed by atoms with Crippen molar-refractivity contribution < 1.29 is 13.5 Å². The Balaban J connectivity index is 2.01. The van der Waals surface area contributed by atoms with Crippen LogP contribution >= 0.6 is 0 Å². The molecule has 0 aromatic carbocycles. The fraction of sp³-hybridized carbons (Fsp3) is 0.583. The van der Waals surface area contributed by atoms with E-state index in [0.717, 1.165) is 19.3 Å². The summed E-state index contributed by atoms with van der Waals surface area (Å²) in [7, 11) is -3.62. The van der Waals surface area contributed by atoms with Crippen molar-refractivity contribution in [1.29, 1.82) is 0 Å². The van der Waals surface area contributed by atoms with E-state index in [-0.39, 0.29) is 11.6 Å². The van der Waals surface area contributed by atoms with Crippen LogP contribution in [0.4, 0.5) is 0 Å². The first kappa shape index (κ1) is 13.5. The first-order valence-corrected chi connectivity index (χ1v) is 7.63. The number of nitrogens with zero attached hydrogens (tertiary/aromatic N) is 1. The van der Waals surface area contributed by atoms with Gasteiger partial charge in [0.05, 0.1) is 5.60 Å². The average Bonchev–Trinajstić information content (AvgIpc) is 2.39. The molecule has 0 unspecified atom stereocenters. The standard InChI is InChI=1S/C12H18N2O3S/c15-12(7-3-1-4-8-12)10-14-18(16,17)11-6-2-5-9-13-11/h2,5-6,9,14-15H,1,3-4,7-8,10H2. The normalized spacial score (nSPS) is 19.6. The van der Waals surface area contributed by atoms with E-state index in [4.69, 9.17) is 0 Å². The maximum Gasteiger partial charge on any atom is 0.258 e. The second-order valence-corrected chi connectivity index (χ2v) is 6.49. The van der Waals surface area contributed by atoms with Gasteiger partial charge in [-0.2, -0.15) is 0 Å². The molecule has 0 bridgehead atoms. The zero-order valence-corrected chi connectivity index (χ0v) is 11.0. The Morgan fingerprint density at radius 2 is 2.00 bits per heavy atom. The second kappa shape index (κ2) is 5.34. The fourth-order valence-electron chi connectivity index (χ4n) is 2.20. The molecule has 5 nitrogen and oxygen atoms in total. The molecule has 2 N–H and O–H groups in total. The SMILES string of the molecule is O=S(=O)(NCC1(O)CCCCC1)c1ccccn1. The number of sulfonamides is 1. The first-order valence-electron chi connectivity index (χ1n) is 6.15. The van der Waals surface area contributed by atoms with Gasteiger partial charge in [-0.15, -0.1) is 0 Å². The minimum atomic E-state index is -3.62. The highest BCUT2D eigenvalue weighted by Gasteiger charge is 2.31. The van der Waals surface area contributed by atoms with Gasteiger partial charge < -0.3 is 5.11 Å². The molecule has 0 aliphatic heterocycles. The van der Waals surface area contributed by atoms with E-state index in [0.29, 0.717) is 12.8 Å². The molecule has 1 aromatic rings. The van der Waals surface area contributed by atoms with Crippen LogP contribution in [-0.2, 0) is 10.0 Å². The van der Waals surface area contributed by atoms with E-state index in [1.54, 1.807) is 12.1 Å². The molecule has 1 saturated carbocycles. The lowest BCUT2D eigenvalue weighted by Crippen LogP contribution is -2.44. The van der Waals surface area contributed by atoms with Crippen LogP contribution in [-0.4, -0.2) is 30.7 Å². The minimum Gasteiger partial charge on any atom is -0.389 e. The van der Waals surface area contributed by atoms with Crippen LogP contribution in [0.5, 0.6) is 0 Å². The highest BCUT2D eigenvalue weighted by Crippen LogP contribution is 2.27. The fourth-order valence-corrected chi connectivity index (χ4v) is 3.26. The predicted octanol–water partition coefficient (Wildman–Crippen LogP) is 1.06. The quantitative estimate of drug-likeness (QED) is 0.857. The third-order valence-corrected chi connectivity index (χ3v) is 4.61. The Morgan fingerprint density at radius 3 is 2.61 bits per heavy atom. The molecule has 1 fully saturated rings. The highest BCUT2D eigenvalue weighted by molar-refractivity contribution is 7.89. The van der Waals surface area contributed by atoms with Crippen molar-refractivity contribution in [2.75, 3.05) is 6.54 Å². The van der Waals surface area contributed by atoms with Crippen molar-refractivity contribution in [1.82, 2.24) is 9.71 Å². The molecule has 1 aromatic heterocycles. The predicted molar refractivity (Wildman–Crippen MR) is 67.5 cm³/mol. The lowest BCUT2D eigenvalue weighted by atomic mass is 9.85. The number of hydrogen-bond donors (Lipinski definition) is 2. The third kappa shape index (κ3) is 3.28. The summed E-state index contributed by atoms with van der Waals surface area (Å²) in [5.74, 6) is 0. The van der Waals surface area contributed by atoms with Crippen molar-refractivity contribution in [3.05, 3.63) is 24.4 Å². The van der Waals surface area contributed by atoms with E-state index in [9.17, 15) is 13.5 Å². The van der Waals surface area contributed by atoms with Crippen LogP contribution in [0, 0.1) is 0 Å². The van der Waals surface area contributed by atoms with Gasteiger partial charge in [0.25, 0.3) is 10.0 Å². The summed E-state index contributed by atoms with van der Waals surface area (Å²) in [6.45, 7) is 0.0614. The van der Waals surface area contributed by atoms with E-state index < -0.39 is 15.6 Å². The van der Waals surface area contributed by atoms with Gasteiger partial charge >= 0.3 is 0 Å². The summed E-state index contributed by atoms with van der Waals surface area (Å²) >= 11 is 0. The highest BCUT2D eigenvalue weighted by atomic mass is 32.2. The monoisotopic (exact) mass is 270 g/mol. The van der Waals surface area contributed by atoms with Gasteiger partial charge in [-0.3, -0.25) is 0 Å². The smallest absolute Gasteiger partial charge is 0.258 e. The molecule has 2 rings (SSSR count). The van der Waals surface area contributed by atoms with E-state index in [2.05, 4.69) is 9.71 Å². The molecule has 100 valence electrons. The van der Waals surface area contributed by atoms with Crippen LogP contribution in [0.2, 0.25) is 0 Å². The Bertz CT molecular complexity index is 481. The average molecular weight is 270 g/mol. The maximum atomic E-state index is 11.9. The number of nitrogens with one attached hydrogen (secondary N) is 1. The van der Waals surface area contributed by atoms with Crippen LogP contribution in [0.3, 0.4) is 0 Å². The molecule has 0 radical (unpaired) electrons. The molecule has 1 aliphatic rings. The molecule has 1 aliphatic carbocycles. The van der Waals surface area contributed by atoms with E-state index >= 15 is 0 Å². The van der Waals surface area contributed by atoms with Gasteiger partial charge in [0.1, 0.15) is 0 Å². The number of aromatic nitrogens is 1. The van der Waals surface area contributed by atoms with Crippen molar-refractivity contribution in [2.24, 2.45) is 0 Å². The molecule has 0 spiro atoms. The molecule has 1 heterocycles. The largest absolute Gasteiger partial charge is 0.389 e. The number of rotatable bonds is 4. The molecule has 0 amide bonds. The summed E-state index contributed by atoms with van der Waals surface area (Å²) in [4.78, 5) is 3.80. The van der Waals surface area contributed by atoms with Crippen LogP contribution in [0.1, 0.15) is 32.1 Å². The van der Waals surface area contributed by atoms with Crippen molar-refractivity contribution in [3.8, 4) is 0 Å². The summed E-state index contributed by atoms with van der Waals surface area (Å²) in [6, 6.07) is 4.72. The number of pyridine rings is 1. The Kier molecular flexibility index (Phi) is 3.99. The van der Waals surface area contributed by atoms with Gasteiger partial charge in [-0.1, -0.05) is 25.3 Å². The van der Waals surface area contributed by atoms with Gasteiger partial charge in [-0.05, 0) is 25.0 Å². The number of aliphatic hydroxyl groups is 1. The van der Waals surface area contributed by atoms with Crippen molar-refractivity contribution >= 4 is 10.0 Å². The Morgan fingerprint density at radius 1 is 1.28 bits per heavy atom. The first-order chi connectivity index (χ1) is 8.52. The zero-order valence-electron chi connectivity index (χ0n) is 10.2. The van der Waals surface area contributed by atoms with E-state index in [1.807, 2.05) is 0 Å². The molecule has 0 atom stereocenters. The van der Waals surface area contributed by atoms with Crippen LogP contribution in [0.15, 0.2) is 29.4 Å². The molecular formula is C12H18N2O3S. The van der Waals surface area contributed by atoms with Gasteiger partial charge in [0.2, 0.25) is 0 Å². The van der Waals surface area contributed by atoms with Gasteiger partial charge in [-0.25, -0.2) is 18.1 Å². The van der Waals surface area contributed by atoms with Crippen molar-refractivity contribution in [2.45, 2.75) is 42.7 Å². The lowest BCUT2D eigenvalue weighted by Gasteiger charge is -2.31. The van der Waals surface area contributed by atoms with Gasteiger partial charge in [0, 0.05) is 12.7 Å². The number of hydrogen-bond acceptors (Lipinski definition) is 4.